The van der Waals surface area contributed by atoms with Gasteiger partial charge >= 0.3 is 0 Å². The van der Waals surface area contributed by atoms with E-state index in [0.717, 1.165) is 28.1 Å². The Morgan fingerprint density at radius 2 is 1.96 bits per heavy atom. The lowest BCUT2D eigenvalue weighted by Gasteiger charge is -2.29. The molecule has 0 saturated carbocycles. The SMILES string of the molecule is CC(C)(C(=O)[O-])c1ccc2c(c1)C(Nc1cccnc1)c1ccccc1CO2. The molecule has 142 valence electrons. The molecule has 5 nitrogen and oxygen atoms in total. The van der Waals surface area contributed by atoms with E-state index in [4.69, 9.17) is 4.74 Å². The van der Waals surface area contributed by atoms with Crippen molar-refractivity contribution in [2.45, 2.75) is 31.9 Å². The first-order valence-electron chi connectivity index (χ1n) is 9.20. The number of pyridine rings is 1. The average Bonchev–Trinajstić information content (AvgIpc) is 2.86. The lowest BCUT2D eigenvalue weighted by atomic mass is 9.82. The van der Waals surface area contributed by atoms with E-state index in [0.29, 0.717) is 12.2 Å². The van der Waals surface area contributed by atoms with Gasteiger partial charge in [-0.15, -0.1) is 0 Å². The molecule has 1 N–H and O–H groups in total. The molecule has 2 heterocycles. The highest BCUT2D eigenvalue weighted by atomic mass is 16.5. The van der Waals surface area contributed by atoms with Gasteiger partial charge in [-0.1, -0.05) is 44.2 Å². The molecule has 0 bridgehead atoms. The highest BCUT2D eigenvalue weighted by Gasteiger charge is 2.28. The molecule has 1 atom stereocenters. The molecule has 1 aliphatic rings. The predicted octanol–water partition coefficient (Wildman–Crippen LogP) is 3.20. The maximum absolute atomic E-state index is 11.7. The standard InChI is InChI=1S/C23H22N2O3/c1-23(2,22(26)27)16-9-10-20-19(12-16)21(25-17-7-5-11-24-13-17)18-8-4-3-6-15(18)14-28-20/h3-13,21,25H,14H2,1-2H3,(H,26,27)/p-1. The average molecular weight is 373 g/mol. The number of fused-ring (bicyclic) bond motifs is 2. The minimum atomic E-state index is -1.11. The smallest absolute Gasteiger partial charge is 0.125 e. The number of carboxylic acids is 1. The molecule has 0 amide bonds. The van der Waals surface area contributed by atoms with Gasteiger partial charge in [-0.3, -0.25) is 4.98 Å². The topological polar surface area (TPSA) is 74.3 Å². The summed E-state index contributed by atoms with van der Waals surface area (Å²) in [7, 11) is 0. The molecule has 2 aromatic carbocycles. The molecule has 3 aromatic rings. The number of ether oxygens (including phenoxy) is 1. The second-order valence-electron chi connectivity index (χ2n) is 7.47. The third kappa shape index (κ3) is 3.20. The number of carboxylic acid groups (broad SMARTS) is 1. The van der Waals surface area contributed by atoms with Crippen molar-refractivity contribution in [2.24, 2.45) is 0 Å². The maximum atomic E-state index is 11.7. The Hall–Kier alpha value is -3.34. The van der Waals surface area contributed by atoms with Crippen LogP contribution in [-0.2, 0) is 16.8 Å². The molecule has 5 heteroatoms. The van der Waals surface area contributed by atoms with Gasteiger partial charge in [0.1, 0.15) is 12.4 Å². The Bertz CT molecular complexity index is 1020. The van der Waals surface area contributed by atoms with Gasteiger partial charge in [0.05, 0.1) is 17.7 Å². The molecular formula is C23H21N2O3-. The van der Waals surface area contributed by atoms with E-state index < -0.39 is 11.4 Å². The van der Waals surface area contributed by atoms with E-state index in [2.05, 4.69) is 16.4 Å². The second kappa shape index (κ2) is 7.00. The first-order chi connectivity index (χ1) is 13.5. The van der Waals surface area contributed by atoms with E-state index in [9.17, 15) is 9.90 Å². The molecular weight excluding hydrogens is 352 g/mol. The number of hydrogen-bond acceptors (Lipinski definition) is 5. The van der Waals surface area contributed by atoms with Gasteiger partial charge in [-0.05, 0) is 41.0 Å². The molecule has 1 aromatic heterocycles. The Kier molecular flexibility index (Phi) is 4.51. The predicted molar refractivity (Wildman–Crippen MR) is 105 cm³/mol. The Balaban J connectivity index is 1.87. The summed E-state index contributed by atoms with van der Waals surface area (Å²) < 4.78 is 6.05. The van der Waals surface area contributed by atoms with Crippen LogP contribution in [0.3, 0.4) is 0 Å². The maximum Gasteiger partial charge on any atom is 0.125 e. The van der Waals surface area contributed by atoms with Crippen LogP contribution in [0.2, 0.25) is 0 Å². The summed E-state index contributed by atoms with van der Waals surface area (Å²) in [6.45, 7) is 3.76. The molecule has 4 rings (SSSR count). The Morgan fingerprint density at radius 1 is 1.14 bits per heavy atom. The third-order valence-electron chi connectivity index (χ3n) is 5.27. The van der Waals surface area contributed by atoms with Crippen molar-refractivity contribution >= 4 is 11.7 Å². The van der Waals surface area contributed by atoms with Crippen LogP contribution in [0, 0.1) is 0 Å². The van der Waals surface area contributed by atoms with E-state index in [-0.39, 0.29) is 6.04 Å². The molecule has 0 spiro atoms. The molecule has 0 radical (unpaired) electrons. The summed E-state index contributed by atoms with van der Waals surface area (Å²) in [5.74, 6) is -0.380. The number of carbonyl (C=O) groups is 1. The van der Waals surface area contributed by atoms with Crippen molar-refractivity contribution in [3.05, 3.63) is 89.2 Å². The highest BCUT2D eigenvalue weighted by molar-refractivity contribution is 5.78. The summed E-state index contributed by atoms with van der Waals surface area (Å²) >= 11 is 0. The van der Waals surface area contributed by atoms with Gasteiger partial charge in [-0.25, -0.2) is 0 Å². The minimum absolute atomic E-state index is 0.199. The number of aromatic nitrogens is 1. The molecule has 28 heavy (non-hydrogen) atoms. The number of nitrogens with zero attached hydrogens (tertiary/aromatic N) is 1. The van der Waals surface area contributed by atoms with Crippen LogP contribution < -0.4 is 15.2 Å². The Labute approximate surface area is 164 Å². The van der Waals surface area contributed by atoms with Crippen LogP contribution in [0.1, 0.15) is 42.1 Å². The molecule has 0 aliphatic carbocycles. The molecule has 0 saturated heterocycles. The molecule has 0 fully saturated rings. The lowest BCUT2D eigenvalue weighted by molar-refractivity contribution is -0.312. The zero-order chi connectivity index (χ0) is 19.7. The van der Waals surface area contributed by atoms with Crippen molar-refractivity contribution in [3.8, 4) is 5.75 Å². The van der Waals surface area contributed by atoms with E-state index in [1.807, 2.05) is 42.5 Å². The lowest BCUT2D eigenvalue weighted by Crippen LogP contribution is -2.41. The quantitative estimate of drug-likeness (QED) is 0.760. The van der Waals surface area contributed by atoms with Gasteiger partial charge in [-0.2, -0.15) is 0 Å². The monoisotopic (exact) mass is 373 g/mol. The van der Waals surface area contributed by atoms with Crippen LogP contribution in [0.15, 0.2) is 67.0 Å². The van der Waals surface area contributed by atoms with Crippen LogP contribution in [0.4, 0.5) is 5.69 Å². The number of hydrogen-bond donors (Lipinski definition) is 1. The van der Waals surface area contributed by atoms with Crippen molar-refractivity contribution in [2.75, 3.05) is 5.32 Å². The largest absolute Gasteiger partial charge is 0.549 e. The number of anilines is 1. The van der Waals surface area contributed by atoms with Crippen molar-refractivity contribution < 1.29 is 14.6 Å². The summed E-state index contributed by atoms with van der Waals surface area (Å²) in [5.41, 5.74) is 3.50. The fourth-order valence-electron chi connectivity index (χ4n) is 3.45. The summed E-state index contributed by atoms with van der Waals surface area (Å²) in [6, 6.07) is 17.3. The van der Waals surface area contributed by atoms with Crippen LogP contribution in [0.5, 0.6) is 5.75 Å². The molecule has 1 aliphatic heterocycles. The van der Waals surface area contributed by atoms with Gasteiger partial charge in [0.2, 0.25) is 0 Å². The molecule has 1 unspecified atom stereocenters. The van der Waals surface area contributed by atoms with Crippen molar-refractivity contribution in [1.82, 2.24) is 4.98 Å². The number of aliphatic carboxylic acids is 1. The Morgan fingerprint density at radius 3 is 2.71 bits per heavy atom. The summed E-state index contributed by atoms with van der Waals surface area (Å²) in [4.78, 5) is 15.8. The fourth-order valence-corrected chi connectivity index (χ4v) is 3.45. The van der Waals surface area contributed by atoms with E-state index in [1.165, 1.54) is 0 Å². The third-order valence-corrected chi connectivity index (χ3v) is 5.27. The normalized spacial score (nSPS) is 15.6. The fraction of sp³-hybridized carbons (Fsp3) is 0.217. The zero-order valence-electron chi connectivity index (χ0n) is 15.8. The first kappa shape index (κ1) is 18.0. The van der Waals surface area contributed by atoms with Gasteiger partial charge in [0, 0.05) is 23.4 Å². The summed E-state index contributed by atoms with van der Waals surface area (Å²) in [5, 5.41) is 15.2. The van der Waals surface area contributed by atoms with Gasteiger partial charge in [0.25, 0.3) is 0 Å². The second-order valence-corrected chi connectivity index (χ2v) is 7.47. The first-order valence-corrected chi connectivity index (χ1v) is 9.20. The number of nitrogens with one attached hydrogen (secondary N) is 1. The van der Waals surface area contributed by atoms with Gasteiger partial charge in [0.15, 0.2) is 0 Å². The number of benzene rings is 2. The zero-order valence-corrected chi connectivity index (χ0v) is 15.8. The van der Waals surface area contributed by atoms with Crippen molar-refractivity contribution in [1.29, 1.82) is 0 Å². The van der Waals surface area contributed by atoms with Crippen molar-refractivity contribution in [3.63, 3.8) is 0 Å². The number of rotatable bonds is 4. The highest BCUT2D eigenvalue weighted by Crippen LogP contribution is 2.40. The van der Waals surface area contributed by atoms with Crippen LogP contribution in [0.25, 0.3) is 0 Å². The van der Waals surface area contributed by atoms with Crippen LogP contribution >= 0.6 is 0 Å². The summed E-state index contributed by atoms with van der Waals surface area (Å²) in [6.07, 6.45) is 3.49. The van der Waals surface area contributed by atoms with E-state index >= 15 is 0 Å². The van der Waals surface area contributed by atoms with E-state index in [1.54, 1.807) is 32.3 Å². The van der Waals surface area contributed by atoms with Gasteiger partial charge < -0.3 is 20.0 Å². The number of carbonyl (C=O) groups excluding carboxylic acids is 1. The minimum Gasteiger partial charge on any atom is -0.549 e. The van der Waals surface area contributed by atoms with Crippen LogP contribution in [-0.4, -0.2) is 11.0 Å².